The summed E-state index contributed by atoms with van der Waals surface area (Å²) in [7, 11) is 0. The maximum absolute atomic E-state index is 12.8. The van der Waals surface area contributed by atoms with Gasteiger partial charge in [0.2, 0.25) is 5.91 Å². The Hall–Kier alpha value is -3.38. The maximum atomic E-state index is 12.8. The summed E-state index contributed by atoms with van der Waals surface area (Å²) in [5.41, 5.74) is 4.04. The van der Waals surface area contributed by atoms with E-state index in [9.17, 15) is 4.79 Å². The highest BCUT2D eigenvalue weighted by Gasteiger charge is 2.20. The minimum Gasteiger partial charge on any atom is -0.489 e. The molecule has 2 heterocycles. The molecule has 6 heteroatoms. The monoisotopic (exact) mass is 445 g/mol. The number of benzene rings is 2. The molecule has 0 aliphatic carbocycles. The quantitative estimate of drug-likeness (QED) is 0.518. The molecular weight excluding hydrogens is 414 g/mol. The van der Waals surface area contributed by atoms with Gasteiger partial charge in [0, 0.05) is 32.7 Å². The standard InChI is InChI=1S/C27H31N3O3/c1-21-26(22(2)33-28-21)20-32-25-12-10-24(11-13-25)19-27(31)30-17-15-29(16-18-30)14-6-9-23-7-4-3-5-8-23/h3-13H,14-20H2,1-2H3/b9-6+. The highest BCUT2D eigenvalue weighted by molar-refractivity contribution is 5.79. The Morgan fingerprint density at radius 1 is 1.03 bits per heavy atom. The van der Waals surface area contributed by atoms with Gasteiger partial charge in [0.25, 0.3) is 0 Å². The first-order valence-electron chi connectivity index (χ1n) is 11.4. The fraction of sp³-hybridized carbons (Fsp3) is 0.333. The third-order valence-electron chi connectivity index (χ3n) is 6.04. The van der Waals surface area contributed by atoms with Crippen LogP contribution >= 0.6 is 0 Å². The van der Waals surface area contributed by atoms with Crippen molar-refractivity contribution in [1.82, 2.24) is 15.0 Å². The van der Waals surface area contributed by atoms with E-state index in [2.05, 4.69) is 34.3 Å². The third-order valence-corrected chi connectivity index (χ3v) is 6.04. The Balaban J connectivity index is 1.20. The number of rotatable bonds is 8. The van der Waals surface area contributed by atoms with E-state index in [0.29, 0.717) is 13.0 Å². The smallest absolute Gasteiger partial charge is 0.227 e. The fourth-order valence-electron chi connectivity index (χ4n) is 3.94. The second-order valence-electron chi connectivity index (χ2n) is 8.41. The highest BCUT2D eigenvalue weighted by Crippen LogP contribution is 2.18. The van der Waals surface area contributed by atoms with E-state index in [1.807, 2.05) is 61.2 Å². The molecule has 0 spiro atoms. The molecule has 4 rings (SSSR count). The van der Waals surface area contributed by atoms with Crippen LogP contribution in [0.5, 0.6) is 5.75 Å². The Morgan fingerprint density at radius 3 is 2.42 bits per heavy atom. The molecule has 1 aliphatic rings. The van der Waals surface area contributed by atoms with E-state index in [1.54, 1.807) is 0 Å². The number of ether oxygens (including phenoxy) is 1. The number of amides is 1. The van der Waals surface area contributed by atoms with Gasteiger partial charge in [-0.1, -0.05) is 59.8 Å². The zero-order valence-corrected chi connectivity index (χ0v) is 19.4. The molecule has 3 aromatic rings. The molecule has 1 aliphatic heterocycles. The largest absolute Gasteiger partial charge is 0.489 e. The van der Waals surface area contributed by atoms with E-state index >= 15 is 0 Å². The first kappa shape index (κ1) is 22.8. The van der Waals surface area contributed by atoms with Crippen LogP contribution in [0.1, 0.15) is 28.1 Å². The normalized spacial score (nSPS) is 14.7. The highest BCUT2D eigenvalue weighted by atomic mass is 16.5. The first-order valence-corrected chi connectivity index (χ1v) is 11.4. The van der Waals surface area contributed by atoms with Gasteiger partial charge in [0.05, 0.1) is 17.7 Å². The number of hydrogen-bond donors (Lipinski definition) is 0. The van der Waals surface area contributed by atoms with E-state index < -0.39 is 0 Å². The summed E-state index contributed by atoms with van der Waals surface area (Å²) < 4.78 is 11.0. The Morgan fingerprint density at radius 2 is 1.76 bits per heavy atom. The lowest BCUT2D eigenvalue weighted by Gasteiger charge is -2.34. The average Bonchev–Trinajstić information content (AvgIpc) is 3.17. The third kappa shape index (κ3) is 6.33. The molecule has 172 valence electrons. The molecule has 0 bridgehead atoms. The van der Waals surface area contributed by atoms with Crippen molar-refractivity contribution in [3.63, 3.8) is 0 Å². The summed E-state index contributed by atoms with van der Waals surface area (Å²) in [5, 5.41) is 3.95. The molecule has 0 radical (unpaired) electrons. The van der Waals surface area contributed by atoms with Gasteiger partial charge in [-0.2, -0.15) is 0 Å². The molecule has 1 fully saturated rings. The number of carbonyl (C=O) groups is 1. The number of carbonyl (C=O) groups excluding carboxylic acids is 1. The van der Waals surface area contributed by atoms with Crippen molar-refractivity contribution in [3.8, 4) is 5.75 Å². The van der Waals surface area contributed by atoms with Crippen LogP contribution in [0.25, 0.3) is 6.08 Å². The number of piperazine rings is 1. The number of aromatic nitrogens is 1. The van der Waals surface area contributed by atoms with E-state index in [-0.39, 0.29) is 5.91 Å². The molecule has 6 nitrogen and oxygen atoms in total. The van der Waals surface area contributed by atoms with Crippen LogP contribution in [0, 0.1) is 13.8 Å². The molecule has 1 aromatic heterocycles. The zero-order valence-electron chi connectivity index (χ0n) is 19.4. The van der Waals surface area contributed by atoms with Crippen LogP contribution in [0.2, 0.25) is 0 Å². The minimum atomic E-state index is 0.180. The van der Waals surface area contributed by atoms with Gasteiger partial charge in [-0.15, -0.1) is 0 Å². The van der Waals surface area contributed by atoms with Crippen LogP contribution in [-0.2, 0) is 17.8 Å². The summed E-state index contributed by atoms with van der Waals surface area (Å²) in [6.07, 6.45) is 4.76. The summed E-state index contributed by atoms with van der Waals surface area (Å²) >= 11 is 0. The molecule has 0 N–H and O–H groups in total. The zero-order chi connectivity index (χ0) is 23.0. The van der Waals surface area contributed by atoms with E-state index in [0.717, 1.165) is 61.1 Å². The Bertz CT molecular complexity index is 1050. The van der Waals surface area contributed by atoms with Gasteiger partial charge in [-0.25, -0.2) is 0 Å². The van der Waals surface area contributed by atoms with Crippen molar-refractivity contribution in [2.45, 2.75) is 26.9 Å². The van der Waals surface area contributed by atoms with Gasteiger partial charge in [0.1, 0.15) is 18.1 Å². The predicted molar refractivity (Wildman–Crippen MR) is 129 cm³/mol. The lowest BCUT2D eigenvalue weighted by atomic mass is 10.1. The molecular formula is C27H31N3O3. The molecule has 33 heavy (non-hydrogen) atoms. The Kier molecular flexibility index (Phi) is 7.58. The van der Waals surface area contributed by atoms with Crippen LogP contribution in [0.3, 0.4) is 0 Å². The molecule has 1 amide bonds. The fourth-order valence-corrected chi connectivity index (χ4v) is 3.94. The van der Waals surface area contributed by atoms with Gasteiger partial charge in [-0.3, -0.25) is 9.69 Å². The van der Waals surface area contributed by atoms with Crippen LogP contribution < -0.4 is 4.74 Å². The Labute approximate surface area is 195 Å². The van der Waals surface area contributed by atoms with Crippen molar-refractivity contribution in [3.05, 3.63) is 88.8 Å². The maximum Gasteiger partial charge on any atom is 0.227 e. The average molecular weight is 446 g/mol. The lowest BCUT2D eigenvalue weighted by molar-refractivity contribution is -0.132. The van der Waals surface area contributed by atoms with Crippen LogP contribution in [-0.4, -0.2) is 53.6 Å². The molecule has 1 saturated heterocycles. The topological polar surface area (TPSA) is 58.8 Å². The van der Waals surface area contributed by atoms with Crippen LogP contribution in [0.15, 0.2) is 65.2 Å². The minimum absolute atomic E-state index is 0.180. The predicted octanol–water partition coefficient (Wildman–Crippen LogP) is 4.27. The summed E-state index contributed by atoms with van der Waals surface area (Å²) in [6, 6.07) is 18.1. The van der Waals surface area contributed by atoms with Crippen LogP contribution in [0.4, 0.5) is 0 Å². The van der Waals surface area contributed by atoms with Crippen molar-refractivity contribution in [2.24, 2.45) is 0 Å². The molecule has 0 unspecified atom stereocenters. The van der Waals surface area contributed by atoms with Crippen molar-refractivity contribution < 1.29 is 14.1 Å². The molecule has 2 aromatic carbocycles. The summed E-state index contributed by atoms with van der Waals surface area (Å²) in [4.78, 5) is 17.1. The van der Waals surface area contributed by atoms with Gasteiger partial charge in [0.15, 0.2) is 0 Å². The van der Waals surface area contributed by atoms with Gasteiger partial charge >= 0.3 is 0 Å². The second kappa shape index (κ2) is 11.0. The molecule has 0 atom stereocenters. The van der Waals surface area contributed by atoms with Crippen molar-refractivity contribution >= 4 is 12.0 Å². The number of nitrogens with zero attached hydrogens (tertiary/aromatic N) is 3. The summed E-state index contributed by atoms with van der Waals surface area (Å²) in [6.45, 7) is 8.47. The number of hydrogen-bond acceptors (Lipinski definition) is 5. The second-order valence-corrected chi connectivity index (χ2v) is 8.41. The molecule has 0 saturated carbocycles. The van der Waals surface area contributed by atoms with Gasteiger partial charge in [-0.05, 0) is 37.1 Å². The first-order chi connectivity index (χ1) is 16.1. The SMILES string of the molecule is Cc1noc(C)c1COc1ccc(CC(=O)N2CCN(C/C=C/c3ccccc3)CC2)cc1. The summed E-state index contributed by atoms with van der Waals surface area (Å²) in [5.74, 6) is 1.73. The van der Waals surface area contributed by atoms with E-state index in [1.165, 1.54) is 5.56 Å². The van der Waals surface area contributed by atoms with E-state index in [4.69, 9.17) is 9.26 Å². The number of aryl methyl sites for hydroxylation is 2. The van der Waals surface area contributed by atoms with Crippen molar-refractivity contribution in [1.29, 1.82) is 0 Å². The van der Waals surface area contributed by atoms with Crippen molar-refractivity contribution in [2.75, 3.05) is 32.7 Å². The lowest BCUT2D eigenvalue weighted by Crippen LogP contribution is -2.49. The van der Waals surface area contributed by atoms with Gasteiger partial charge < -0.3 is 14.2 Å².